The molecule has 0 fully saturated rings. The van der Waals surface area contributed by atoms with Gasteiger partial charge in [-0.2, -0.15) is 0 Å². The van der Waals surface area contributed by atoms with Gasteiger partial charge in [0.25, 0.3) is 0 Å². The van der Waals surface area contributed by atoms with Gasteiger partial charge in [-0.05, 0) is 47.7 Å². The number of rotatable bonds is 5. The van der Waals surface area contributed by atoms with Gasteiger partial charge < -0.3 is 13.9 Å². The highest BCUT2D eigenvalue weighted by molar-refractivity contribution is 7.17. The largest absolute Gasteiger partial charge is 0.486 e. The minimum atomic E-state index is 0.230. The Bertz CT molecular complexity index is 1060. The van der Waals surface area contributed by atoms with Crippen LogP contribution in [0.1, 0.15) is 12.5 Å². The van der Waals surface area contributed by atoms with Crippen molar-refractivity contribution in [3.8, 4) is 17.1 Å². The van der Waals surface area contributed by atoms with Gasteiger partial charge in [-0.25, -0.2) is 0 Å². The monoisotopic (exact) mass is 363 g/mol. The number of thiophene rings is 1. The fourth-order valence-corrected chi connectivity index (χ4v) is 4.01. The molecule has 0 aliphatic carbocycles. The zero-order chi connectivity index (χ0) is 18.1. The highest BCUT2D eigenvalue weighted by atomic mass is 32.1. The second-order valence-electron chi connectivity index (χ2n) is 6.26. The van der Waals surface area contributed by atoms with Crippen LogP contribution in [-0.4, -0.2) is 21.6 Å². The quantitative estimate of drug-likeness (QED) is 0.385. The summed E-state index contributed by atoms with van der Waals surface area (Å²) in [6.07, 6.45) is 2.98. The third-order valence-electron chi connectivity index (χ3n) is 4.62. The molecule has 0 bridgehead atoms. The van der Waals surface area contributed by atoms with E-state index in [9.17, 15) is 0 Å². The Morgan fingerprint density at radius 3 is 2.65 bits per heavy atom. The van der Waals surface area contributed by atoms with Gasteiger partial charge in [-0.1, -0.05) is 25.1 Å². The number of nitrogens with zero attached hydrogens (tertiary/aromatic N) is 2. The van der Waals surface area contributed by atoms with Crippen LogP contribution in [-0.2, 0) is 13.5 Å². The number of benzene rings is 1. The molecule has 0 amide bonds. The van der Waals surface area contributed by atoms with Gasteiger partial charge in [0.1, 0.15) is 18.2 Å². The first-order valence-electron chi connectivity index (χ1n) is 8.67. The Morgan fingerprint density at radius 2 is 1.92 bits per heavy atom. The molecule has 5 heteroatoms. The minimum Gasteiger partial charge on any atom is -0.486 e. The second-order valence-corrected chi connectivity index (χ2v) is 7.21. The van der Waals surface area contributed by atoms with Crippen molar-refractivity contribution in [3.05, 3.63) is 65.7 Å². The Hall–Kier alpha value is -2.79. The van der Waals surface area contributed by atoms with E-state index in [4.69, 9.17) is 10.1 Å². The summed E-state index contributed by atoms with van der Waals surface area (Å²) >= 11 is 1.74. The van der Waals surface area contributed by atoms with Crippen LogP contribution in [0.4, 0.5) is 0 Å². The molecule has 3 heterocycles. The van der Waals surface area contributed by atoms with E-state index in [0.717, 1.165) is 23.6 Å². The third kappa shape index (κ3) is 2.95. The van der Waals surface area contributed by atoms with E-state index < -0.39 is 0 Å². The lowest BCUT2D eigenvalue weighted by molar-refractivity contribution is 0.372. The van der Waals surface area contributed by atoms with Crippen molar-refractivity contribution >= 4 is 27.4 Å². The Kier molecular flexibility index (Phi) is 4.39. The average molecular weight is 363 g/mol. The summed E-state index contributed by atoms with van der Waals surface area (Å²) in [5.41, 5.74) is 4.60. The summed E-state index contributed by atoms with van der Waals surface area (Å²) < 4.78 is 11.2. The van der Waals surface area contributed by atoms with Crippen LogP contribution in [0.25, 0.3) is 21.6 Å². The Morgan fingerprint density at radius 1 is 1.12 bits per heavy atom. The maximum absolute atomic E-state index is 8.56. The molecular formula is C21H21N3OS. The molecule has 26 heavy (non-hydrogen) atoms. The molecule has 4 aromatic rings. The molecule has 3 aromatic heterocycles. The summed E-state index contributed by atoms with van der Waals surface area (Å²) in [6.45, 7) is 2.37. The molecule has 0 atom stereocenters. The van der Waals surface area contributed by atoms with E-state index in [1.54, 1.807) is 11.3 Å². The van der Waals surface area contributed by atoms with Crippen LogP contribution < -0.4 is 4.74 Å². The Labute approximate surface area is 156 Å². The topological polar surface area (TPSA) is 42.9 Å². The van der Waals surface area contributed by atoms with Gasteiger partial charge in [-0.3, -0.25) is 5.41 Å². The van der Waals surface area contributed by atoms with Crippen LogP contribution in [0, 0.1) is 5.41 Å². The SMILES string of the molecule is CCc1cc(-c2cc3sccc3n2C)n(C(=N)COc2ccccc2)c1. The summed E-state index contributed by atoms with van der Waals surface area (Å²) in [7, 11) is 2.08. The number of para-hydroxylation sites is 1. The van der Waals surface area contributed by atoms with Crippen molar-refractivity contribution in [1.82, 2.24) is 9.13 Å². The van der Waals surface area contributed by atoms with Crippen molar-refractivity contribution in [2.24, 2.45) is 7.05 Å². The first-order valence-corrected chi connectivity index (χ1v) is 9.55. The highest BCUT2D eigenvalue weighted by Crippen LogP contribution is 2.31. The van der Waals surface area contributed by atoms with Gasteiger partial charge in [-0.15, -0.1) is 11.3 Å². The number of ether oxygens (including phenoxy) is 1. The molecule has 0 saturated carbocycles. The minimum absolute atomic E-state index is 0.230. The molecule has 1 aromatic carbocycles. The third-order valence-corrected chi connectivity index (χ3v) is 5.47. The molecule has 4 rings (SSSR count). The van der Waals surface area contributed by atoms with Crippen molar-refractivity contribution in [2.75, 3.05) is 6.61 Å². The smallest absolute Gasteiger partial charge is 0.146 e. The van der Waals surface area contributed by atoms with E-state index in [-0.39, 0.29) is 6.61 Å². The van der Waals surface area contributed by atoms with Crippen molar-refractivity contribution in [3.63, 3.8) is 0 Å². The van der Waals surface area contributed by atoms with E-state index >= 15 is 0 Å². The molecule has 0 saturated heterocycles. The maximum atomic E-state index is 8.56. The summed E-state index contributed by atoms with van der Waals surface area (Å²) in [6, 6.07) is 16.2. The number of hydrogen-bond donors (Lipinski definition) is 1. The van der Waals surface area contributed by atoms with E-state index in [2.05, 4.69) is 42.1 Å². The first-order chi connectivity index (χ1) is 12.7. The highest BCUT2D eigenvalue weighted by Gasteiger charge is 2.16. The lowest BCUT2D eigenvalue weighted by Gasteiger charge is -2.12. The first kappa shape index (κ1) is 16.7. The molecule has 132 valence electrons. The van der Waals surface area contributed by atoms with Crippen molar-refractivity contribution in [1.29, 1.82) is 5.41 Å². The molecule has 0 aliphatic heterocycles. The summed E-state index contributed by atoms with van der Waals surface area (Å²) in [5.74, 6) is 1.20. The molecule has 0 unspecified atom stereocenters. The molecule has 4 nitrogen and oxygen atoms in total. The number of nitrogens with one attached hydrogen (secondary N) is 1. The molecule has 0 aliphatic rings. The fourth-order valence-electron chi connectivity index (χ4n) is 3.17. The van der Waals surface area contributed by atoms with Crippen LogP contribution in [0.2, 0.25) is 0 Å². The molecule has 1 N–H and O–H groups in total. The fraction of sp³-hybridized carbons (Fsp3) is 0.190. The zero-order valence-corrected chi connectivity index (χ0v) is 15.7. The second kappa shape index (κ2) is 6.84. The van der Waals surface area contributed by atoms with Crippen LogP contribution >= 0.6 is 11.3 Å². The van der Waals surface area contributed by atoms with Crippen molar-refractivity contribution in [2.45, 2.75) is 13.3 Å². The number of aryl methyl sites for hydroxylation is 2. The molecular weight excluding hydrogens is 342 g/mol. The lowest BCUT2D eigenvalue weighted by atomic mass is 10.2. The normalized spacial score (nSPS) is 11.2. The Balaban J connectivity index is 1.67. The molecule has 0 spiro atoms. The van der Waals surface area contributed by atoms with Gasteiger partial charge in [0.05, 0.1) is 21.6 Å². The predicted molar refractivity (Wildman–Crippen MR) is 109 cm³/mol. The summed E-state index contributed by atoms with van der Waals surface area (Å²) in [5, 5.41) is 10.7. The number of aromatic nitrogens is 2. The van der Waals surface area contributed by atoms with Crippen molar-refractivity contribution < 1.29 is 4.74 Å². The lowest BCUT2D eigenvalue weighted by Crippen LogP contribution is -2.19. The predicted octanol–water partition coefficient (Wildman–Crippen LogP) is 5.18. The zero-order valence-electron chi connectivity index (χ0n) is 14.9. The number of fused-ring (bicyclic) bond motifs is 1. The van der Waals surface area contributed by atoms with Gasteiger partial charge in [0.15, 0.2) is 0 Å². The van der Waals surface area contributed by atoms with Gasteiger partial charge >= 0.3 is 0 Å². The van der Waals surface area contributed by atoms with Crippen LogP contribution in [0.3, 0.4) is 0 Å². The van der Waals surface area contributed by atoms with Crippen LogP contribution in [0.15, 0.2) is 60.1 Å². The molecule has 0 radical (unpaired) electrons. The summed E-state index contributed by atoms with van der Waals surface area (Å²) in [4.78, 5) is 0. The van der Waals surface area contributed by atoms with E-state index in [1.807, 2.05) is 41.1 Å². The number of hydrogen-bond acceptors (Lipinski definition) is 3. The van der Waals surface area contributed by atoms with Gasteiger partial charge in [0.2, 0.25) is 0 Å². The van der Waals surface area contributed by atoms with Crippen LogP contribution in [0.5, 0.6) is 5.75 Å². The van der Waals surface area contributed by atoms with E-state index in [1.165, 1.54) is 15.8 Å². The maximum Gasteiger partial charge on any atom is 0.146 e. The van der Waals surface area contributed by atoms with E-state index in [0.29, 0.717) is 5.84 Å². The average Bonchev–Trinajstić information content (AvgIpc) is 3.36. The van der Waals surface area contributed by atoms with Gasteiger partial charge in [0, 0.05) is 13.2 Å². The standard InChI is InChI=1S/C21H21N3OS/c1-3-15-11-19(18-12-20-17(23(18)2)9-10-26-20)24(13-15)21(22)14-25-16-7-5-4-6-8-16/h4-13,22H,3,14H2,1-2H3.